The van der Waals surface area contributed by atoms with Crippen LogP contribution >= 0.6 is 23.5 Å². The van der Waals surface area contributed by atoms with Crippen molar-refractivity contribution in [3.05, 3.63) is 35.3 Å². The Morgan fingerprint density at radius 2 is 2.30 bits per heavy atom. The van der Waals surface area contributed by atoms with E-state index in [1.165, 1.54) is 33.0 Å². The number of β-lactam (4-membered cyclic amide) rings is 1. The number of fused-ring (bicyclic) bond motifs is 1. The largest absolute Gasteiger partial charge is 0.477 e. The topological polar surface area (TPSA) is 163 Å². The molecule has 156 valence electrons. The summed E-state index contributed by atoms with van der Waals surface area (Å²) in [6.07, 6.45) is 2.23. The number of tetrazole rings is 1. The van der Waals surface area contributed by atoms with Gasteiger partial charge in [-0.2, -0.15) is 0 Å². The molecule has 2 aliphatic heterocycles. The van der Waals surface area contributed by atoms with Crippen LogP contribution in [0.1, 0.15) is 10.5 Å². The molecule has 0 aromatic carbocycles. The van der Waals surface area contributed by atoms with Crippen molar-refractivity contribution >= 4 is 47.6 Å². The third-order valence-electron chi connectivity index (χ3n) is 4.57. The fourth-order valence-corrected chi connectivity index (χ4v) is 5.44. The Morgan fingerprint density at radius 3 is 3.00 bits per heavy atom. The number of rotatable bonds is 8. The molecule has 4 rings (SSSR count). The number of nitrogens with one attached hydrogen (secondary N) is 2. The number of aldehydes is 1. The molecule has 0 aliphatic carbocycles. The molecule has 0 saturated carbocycles. The number of carbonyl (C=O) groups excluding carboxylic acids is 3. The van der Waals surface area contributed by atoms with Crippen LogP contribution in [0.4, 0.5) is 0 Å². The number of H-pyrrole nitrogens is 1. The third kappa shape index (κ3) is 3.70. The molecule has 3 N–H and O–H groups in total. The Labute approximate surface area is 177 Å². The predicted octanol–water partition coefficient (Wildman–Crippen LogP) is -0.655. The molecule has 2 atom stereocenters. The van der Waals surface area contributed by atoms with Crippen molar-refractivity contribution in [1.82, 2.24) is 35.4 Å². The van der Waals surface area contributed by atoms with Crippen LogP contribution in [0.5, 0.6) is 0 Å². The second kappa shape index (κ2) is 8.31. The Balaban J connectivity index is 1.43. The van der Waals surface area contributed by atoms with Gasteiger partial charge in [0.1, 0.15) is 23.7 Å². The van der Waals surface area contributed by atoms with Gasteiger partial charge in [-0.1, -0.05) is 11.8 Å². The minimum absolute atomic E-state index is 0.0668. The maximum atomic E-state index is 12.6. The lowest BCUT2D eigenvalue weighted by atomic mass is 10.0. The maximum absolute atomic E-state index is 12.6. The molecular weight excluding hydrogens is 434 g/mol. The second-order valence-corrected chi connectivity index (χ2v) is 8.46. The molecule has 2 aromatic rings. The van der Waals surface area contributed by atoms with Crippen LogP contribution in [-0.2, 0) is 20.9 Å². The van der Waals surface area contributed by atoms with Crippen LogP contribution in [0.3, 0.4) is 0 Å². The predicted molar refractivity (Wildman–Crippen MR) is 104 cm³/mol. The maximum Gasteiger partial charge on any atom is 0.352 e. The number of carboxylic acid groups (broad SMARTS) is 1. The van der Waals surface area contributed by atoms with Crippen molar-refractivity contribution in [2.24, 2.45) is 0 Å². The van der Waals surface area contributed by atoms with Gasteiger partial charge >= 0.3 is 5.97 Å². The smallest absolute Gasteiger partial charge is 0.352 e. The monoisotopic (exact) mass is 449 g/mol. The summed E-state index contributed by atoms with van der Waals surface area (Å²) in [6.45, 7) is -0.114. The molecule has 1 fully saturated rings. The summed E-state index contributed by atoms with van der Waals surface area (Å²) in [5.41, 5.74) is 0.855. The van der Waals surface area contributed by atoms with Gasteiger partial charge in [0.2, 0.25) is 11.1 Å². The Hall–Kier alpha value is -3.13. The van der Waals surface area contributed by atoms with Gasteiger partial charge in [0.25, 0.3) is 5.91 Å². The normalized spacial score (nSPS) is 20.5. The van der Waals surface area contributed by atoms with E-state index >= 15 is 0 Å². The average molecular weight is 449 g/mol. The molecule has 14 heteroatoms. The molecule has 4 heterocycles. The number of aromatic amines is 1. The first-order chi connectivity index (χ1) is 14.5. The summed E-state index contributed by atoms with van der Waals surface area (Å²) in [5.74, 6) is -1.42. The highest BCUT2D eigenvalue weighted by Gasteiger charge is 2.54. The standard InChI is InChI=1S/C16H15N7O5S2/c24-5-9-2-1-3-22(9)4-10(25)17-11-13(26)23-12(15(27)28)8(6-29-14(11)23)7-30-16-18-20-21-19-16/h1-3,5,11,14H,4,6-7H2,(H,17,25)(H,27,28)(H,18,19,20,21). The highest BCUT2D eigenvalue weighted by molar-refractivity contribution is 8.01. The number of carbonyl (C=O) groups is 4. The van der Waals surface area contributed by atoms with Gasteiger partial charge in [0.15, 0.2) is 6.29 Å². The lowest BCUT2D eigenvalue weighted by molar-refractivity contribution is -0.150. The summed E-state index contributed by atoms with van der Waals surface area (Å²) >= 11 is 2.62. The molecule has 0 spiro atoms. The number of carboxylic acids is 1. The molecule has 0 radical (unpaired) electrons. The molecule has 2 unspecified atom stereocenters. The fraction of sp³-hybridized carbons (Fsp3) is 0.312. The lowest BCUT2D eigenvalue weighted by Crippen LogP contribution is -2.70. The van der Waals surface area contributed by atoms with E-state index in [1.54, 1.807) is 18.3 Å². The molecule has 12 nitrogen and oxygen atoms in total. The van der Waals surface area contributed by atoms with E-state index in [-0.39, 0.29) is 12.2 Å². The molecule has 1 saturated heterocycles. The van der Waals surface area contributed by atoms with E-state index in [0.717, 1.165) is 0 Å². The van der Waals surface area contributed by atoms with Crippen LogP contribution in [0, 0.1) is 0 Å². The Kier molecular flexibility index (Phi) is 5.59. The summed E-state index contributed by atoms with van der Waals surface area (Å²) < 4.78 is 1.47. The minimum Gasteiger partial charge on any atom is -0.477 e. The van der Waals surface area contributed by atoms with Crippen LogP contribution in [-0.4, -0.2) is 82.2 Å². The van der Waals surface area contributed by atoms with Crippen LogP contribution < -0.4 is 5.32 Å². The quantitative estimate of drug-likeness (QED) is 0.268. The van der Waals surface area contributed by atoms with E-state index in [9.17, 15) is 24.3 Å². The Morgan fingerprint density at radius 1 is 1.47 bits per heavy atom. The van der Waals surface area contributed by atoms with Crippen molar-refractivity contribution in [3.8, 4) is 0 Å². The zero-order valence-corrected chi connectivity index (χ0v) is 16.9. The number of hydrogen-bond acceptors (Lipinski definition) is 9. The number of amides is 2. The highest BCUT2D eigenvalue weighted by atomic mass is 32.2. The van der Waals surface area contributed by atoms with Crippen molar-refractivity contribution in [2.45, 2.75) is 23.1 Å². The van der Waals surface area contributed by atoms with Crippen LogP contribution in [0.25, 0.3) is 0 Å². The van der Waals surface area contributed by atoms with Gasteiger partial charge in [0, 0.05) is 17.7 Å². The molecule has 2 aromatic heterocycles. The molecule has 30 heavy (non-hydrogen) atoms. The number of nitrogens with zero attached hydrogens (tertiary/aromatic N) is 5. The van der Waals surface area contributed by atoms with Crippen LogP contribution in [0.15, 0.2) is 34.8 Å². The first kappa shape index (κ1) is 20.2. The fourth-order valence-electron chi connectivity index (χ4n) is 3.21. The van der Waals surface area contributed by atoms with E-state index in [4.69, 9.17) is 0 Å². The van der Waals surface area contributed by atoms with E-state index in [1.807, 2.05) is 0 Å². The van der Waals surface area contributed by atoms with Gasteiger partial charge in [-0.25, -0.2) is 9.89 Å². The van der Waals surface area contributed by atoms with Gasteiger partial charge in [-0.05, 0) is 28.1 Å². The molecule has 2 aliphatic rings. The van der Waals surface area contributed by atoms with E-state index in [0.29, 0.717) is 34.2 Å². The first-order valence-corrected chi connectivity index (χ1v) is 10.7. The third-order valence-corrected chi connectivity index (χ3v) is 6.85. The van der Waals surface area contributed by atoms with Crippen LogP contribution in [0.2, 0.25) is 0 Å². The average Bonchev–Trinajstić information content (AvgIpc) is 3.41. The summed E-state index contributed by atoms with van der Waals surface area (Å²) in [4.78, 5) is 49.0. The van der Waals surface area contributed by atoms with Crippen molar-refractivity contribution in [1.29, 1.82) is 0 Å². The summed E-state index contributed by atoms with van der Waals surface area (Å²) in [7, 11) is 0. The zero-order chi connectivity index (χ0) is 21.3. The van der Waals surface area contributed by atoms with Crippen molar-refractivity contribution in [2.75, 3.05) is 11.5 Å². The zero-order valence-electron chi connectivity index (χ0n) is 15.2. The second-order valence-electron chi connectivity index (χ2n) is 6.39. The first-order valence-electron chi connectivity index (χ1n) is 8.65. The minimum atomic E-state index is -1.20. The van der Waals surface area contributed by atoms with E-state index < -0.39 is 29.2 Å². The highest BCUT2D eigenvalue weighted by Crippen LogP contribution is 2.41. The summed E-state index contributed by atoms with van der Waals surface area (Å²) in [6, 6.07) is 2.40. The van der Waals surface area contributed by atoms with Crippen molar-refractivity contribution in [3.63, 3.8) is 0 Å². The number of hydrogen-bond donors (Lipinski definition) is 3. The van der Waals surface area contributed by atoms with Gasteiger partial charge in [0.05, 0.1) is 5.69 Å². The van der Waals surface area contributed by atoms with Gasteiger partial charge in [-0.15, -0.1) is 16.9 Å². The summed E-state index contributed by atoms with van der Waals surface area (Å²) in [5, 5.41) is 25.5. The molecular formula is C16H15N7O5S2. The lowest BCUT2D eigenvalue weighted by Gasteiger charge is -2.49. The van der Waals surface area contributed by atoms with E-state index in [2.05, 4.69) is 25.9 Å². The van der Waals surface area contributed by atoms with Gasteiger partial charge < -0.3 is 15.0 Å². The number of thioether (sulfide) groups is 2. The van der Waals surface area contributed by atoms with Crippen molar-refractivity contribution < 1.29 is 24.3 Å². The number of aliphatic carboxylic acids is 1. The van der Waals surface area contributed by atoms with Gasteiger partial charge in [-0.3, -0.25) is 19.3 Å². The number of aromatic nitrogens is 5. The molecule has 2 amide bonds. The molecule has 0 bridgehead atoms. The Bertz CT molecular complexity index is 1030. The SMILES string of the molecule is O=Cc1cccn1CC(=O)NC1C(=O)N2C(C(=O)O)=C(CSc3nnn[nH]3)CSC12.